The lowest BCUT2D eigenvalue weighted by molar-refractivity contribution is 0.464. The van der Waals surface area contributed by atoms with E-state index in [0.29, 0.717) is 11.7 Å². The summed E-state index contributed by atoms with van der Waals surface area (Å²) in [6, 6.07) is 12.9. The van der Waals surface area contributed by atoms with Crippen molar-refractivity contribution in [3.05, 3.63) is 58.1 Å². The lowest BCUT2D eigenvalue weighted by Crippen LogP contribution is -1.87. The Labute approximate surface area is 122 Å². The topological polar surface area (TPSA) is 40.5 Å². The first-order chi connectivity index (χ1) is 8.91. The van der Waals surface area contributed by atoms with E-state index in [4.69, 9.17) is 5.11 Å². The summed E-state index contributed by atoms with van der Waals surface area (Å²) in [4.78, 5) is 0. The second kappa shape index (κ2) is 7.19. The number of phenols is 2. The minimum atomic E-state index is 0.285. The summed E-state index contributed by atoms with van der Waals surface area (Å²) >= 11 is 3.15. The van der Waals surface area contributed by atoms with Gasteiger partial charge in [-0.15, -0.1) is 0 Å². The Hall–Kier alpha value is -1.48. The third-order valence-corrected chi connectivity index (χ3v) is 3.33. The molecule has 2 nitrogen and oxygen atoms in total. The van der Waals surface area contributed by atoms with E-state index in [1.807, 2.05) is 25.1 Å². The Morgan fingerprint density at radius 1 is 0.947 bits per heavy atom. The van der Waals surface area contributed by atoms with Gasteiger partial charge in [0, 0.05) is 0 Å². The monoisotopic (exact) mass is 322 g/mol. The molecule has 2 aromatic rings. The maximum Gasteiger partial charge on any atom is 0.129 e. The predicted molar refractivity (Wildman–Crippen MR) is 82.7 cm³/mol. The van der Waals surface area contributed by atoms with Crippen LogP contribution in [0.2, 0.25) is 0 Å². The maximum atomic E-state index is 9.46. The van der Waals surface area contributed by atoms with Crippen LogP contribution >= 0.6 is 15.9 Å². The highest BCUT2D eigenvalue weighted by Crippen LogP contribution is 2.25. The molecule has 0 radical (unpaired) electrons. The van der Waals surface area contributed by atoms with Crippen molar-refractivity contribution in [3.8, 4) is 11.5 Å². The van der Waals surface area contributed by atoms with Crippen LogP contribution < -0.4 is 0 Å². The van der Waals surface area contributed by atoms with Gasteiger partial charge in [0.05, 0.1) is 4.47 Å². The number of aryl methyl sites for hydroxylation is 1. The van der Waals surface area contributed by atoms with E-state index in [1.54, 1.807) is 24.3 Å². The summed E-state index contributed by atoms with van der Waals surface area (Å²) in [7, 11) is 0. The quantitative estimate of drug-likeness (QED) is 0.777. The number of hydrogen-bond acceptors (Lipinski definition) is 2. The third kappa shape index (κ3) is 4.95. The molecule has 19 heavy (non-hydrogen) atoms. The Morgan fingerprint density at radius 2 is 1.58 bits per heavy atom. The van der Waals surface area contributed by atoms with Gasteiger partial charge in [-0.05, 0) is 58.1 Å². The minimum absolute atomic E-state index is 0.285. The van der Waals surface area contributed by atoms with Crippen LogP contribution in [0, 0.1) is 6.92 Å². The van der Waals surface area contributed by atoms with Gasteiger partial charge in [-0.1, -0.05) is 38.1 Å². The summed E-state index contributed by atoms with van der Waals surface area (Å²) in [5.41, 5.74) is 2.13. The molecule has 0 unspecified atom stereocenters. The molecular formula is C16H19BrO2. The first-order valence-electron chi connectivity index (χ1n) is 6.14. The Morgan fingerprint density at radius 3 is 2.00 bits per heavy atom. The largest absolute Gasteiger partial charge is 0.508 e. The van der Waals surface area contributed by atoms with Crippen LogP contribution in [0.5, 0.6) is 11.5 Å². The summed E-state index contributed by atoms with van der Waals surface area (Å²) in [5.74, 6) is 1.10. The fraction of sp³-hybridized carbons (Fsp3) is 0.250. The number of halogens is 1. The van der Waals surface area contributed by atoms with Gasteiger partial charge in [-0.25, -0.2) is 0 Å². The second-order valence-corrected chi connectivity index (χ2v) is 5.52. The molecule has 2 N–H and O–H groups in total. The van der Waals surface area contributed by atoms with E-state index < -0.39 is 0 Å². The molecule has 0 aromatic heterocycles. The number of phenolic OH excluding ortho intramolecular Hbond substituents is 2. The number of aromatic hydroxyl groups is 2. The number of benzene rings is 2. The molecule has 0 amide bonds. The molecular weight excluding hydrogens is 304 g/mol. The van der Waals surface area contributed by atoms with Crippen molar-refractivity contribution in [1.29, 1.82) is 0 Å². The van der Waals surface area contributed by atoms with Crippen LogP contribution in [0.3, 0.4) is 0 Å². The Balaban J connectivity index is 0.000000200. The molecule has 0 saturated carbocycles. The zero-order chi connectivity index (χ0) is 14.4. The Bertz CT molecular complexity index is 515. The van der Waals surface area contributed by atoms with Crippen molar-refractivity contribution in [2.75, 3.05) is 0 Å². The van der Waals surface area contributed by atoms with Crippen molar-refractivity contribution >= 4 is 15.9 Å². The summed E-state index contributed by atoms with van der Waals surface area (Å²) in [6.45, 7) is 6.12. The predicted octanol–water partition coefficient (Wildman–Crippen LogP) is 4.98. The molecule has 2 rings (SSSR count). The van der Waals surface area contributed by atoms with Gasteiger partial charge in [0.2, 0.25) is 0 Å². The van der Waals surface area contributed by atoms with Crippen molar-refractivity contribution < 1.29 is 10.2 Å². The average Bonchev–Trinajstić information content (AvgIpc) is 2.33. The summed E-state index contributed by atoms with van der Waals surface area (Å²) < 4.78 is 0.736. The van der Waals surface area contributed by atoms with Gasteiger partial charge in [0.25, 0.3) is 0 Å². The van der Waals surface area contributed by atoms with Crippen LogP contribution in [0.1, 0.15) is 30.9 Å². The van der Waals surface area contributed by atoms with Crippen LogP contribution in [0.4, 0.5) is 0 Å². The molecule has 0 bridgehead atoms. The van der Waals surface area contributed by atoms with Gasteiger partial charge < -0.3 is 10.2 Å². The molecule has 0 aliphatic heterocycles. The average molecular weight is 323 g/mol. The van der Waals surface area contributed by atoms with E-state index in [0.717, 1.165) is 15.6 Å². The molecule has 0 heterocycles. The molecule has 102 valence electrons. The van der Waals surface area contributed by atoms with Crippen LogP contribution in [0.15, 0.2) is 46.9 Å². The highest BCUT2D eigenvalue weighted by Gasteiger charge is 2.03. The molecule has 3 heteroatoms. The highest BCUT2D eigenvalue weighted by molar-refractivity contribution is 9.10. The van der Waals surface area contributed by atoms with Crippen LogP contribution in [-0.2, 0) is 0 Å². The normalized spacial score (nSPS) is 9.95. The molecule has 0 aliphatic rings. The maximum absolute atomic E-state index is 9.46. The van der Waals surface area contributed by atoms with E-state index in [1.165, 1.54) is 0 Å². The Kier molecular flexibility index (Phi) is 5.90. The fourth-order valence-corrected chi connectivity index (χ4v) is 1.88. The zero-order valence-electron chi connectivity index (χ0n) is 11.4. The van der Waals surface area contributed by atoms with Gasteiger partial charge in [-0.3, -0.25) is 0 Å². The lowest BCUT2D eigenvalue weighted by Gasteiger charge is -2.07. The van der Waals surface area contributed by atoms with E-state index in [2.05, 4.69) is 29.8 Å². The molecule has 0 fully saturated rings. The molecule has 2 aromatic carbocycles. The van der Waals surface area contributed by atoms with E-state index in [9.17, 15) is 5.11 Å². The summed E-state index contributed by atoms with van der Waals surface area (Å²) in [5, 5.41) is 18.3. The number of para-hydroxylation sites is 1. The lowest BCUT2D eigenvalue weighted by atomic mass is 10.0. The number of hydrogen-bond donors (Lipinski definition) is 2. The molecule has 0 atom stereocenters. The van der Waals surface area contributed by atoms with Crippen molar-refractivity contribution in [2.24, 2.45) is 0 Å². The fourth-order valence-electron chi connectivity index (χ4n) is 1.59. The first kappa shape index (κ1) is 15.6. The minimum Gasteiger partial charge on any atom is -0.508 e. The first-order valence-corrected chi connectivity index (χ1v) is 6.94. The summed E-state index contributed by atoms with van der Waals surface area (Å²) in [6.07, 6.45) is 0. The standard InChI is InChI=1S/C10H14O.C6H5BrO/c1-7(2)9-5-4-8(3)6-10(9)11;7-5-3-1-2-4-6(5)8/h4-7,11H,1-3H3;1-4,8H. The van der Waals surface area contributed by atoms with Gasteiger partial charge in [0.15, 0.2) is 0 Å². The van der Waals surface area contributed by atoms with Gasteiger partial charge in [-0.2, -0.15) is 0 Å². The van der Waals surface area contributed by atoms with Crippen LogP contribution in [-0.4, -0.2) is 10.2 Å². The molecule has 0 aliphatic carbocycles. The second-order valence-electron chi connectivity index (χ2n) is 4.67. The van der Waals surface area contributed by atoms with Gasteiger partial charge >= 0.3 is 0 Å². The molecule has 0 spiro atoms. The zero-order valence-corrected chi connectivity index (χ0v) is 13.0. The highest BCUT2D eigenvalue weighted by atomic mass is 79.9. The van der Waals surface area contributed by atoms with E-state index in [-0.39, 0.29) is 5.75 Å². The van der Waals surface area contributed by atoms with E-state index >= 15 is 0 Å². The SMILES string of the molecule is Cc1ccc(C(C)C)c(O)c1.Oc1ccccc1Br. The number of rotatable bonds is 1. The molecule has 0 saturated heterocycles. The van der Waals surface area contributed by atoms with Crippen molar-refractivity contribution in [1.82, 2.24) is 0 Å². The van der Waals surface area contributed by atoms with Crippen molar-refractivity contribution in [3.63, 3.8) is 0 Å². The van der Waals surface area contributed by atoms with Crippen LogP contribution in [0.25, 0.3) is 0 Å². The van der Waals surface area contributed by atoms with Gasteiger partial charge in [0.1, 0.15) is 11.5 Å². The van der Waals surface area contributed by atoms with Crippen molar-refractivity contribution in [2.45, 2.75) is 26.7 Å². The third-order valence-electron chi connectivity index (χ3n) is 2.66. The smallest absolute Gasteiger partial charge is 0.129 e.